The van der Waals surface area contributed by atoms with Crippen LogP contribution in [0.15, 0.2) is 48.5 Å². The van der Waals surface area contributed by atoms with Crippen LogP contribution >= 0.6 is 11.6 Å². The average Bonchev–Trinajstić information content (AvgIpc) is 2.39. The van der Waals surface area contributed by atoms with Gasteiger partial charge in [-0.25, -0.2) is 4.79 Å². The van der Waals surface area contributed by atoms with Crippen molar-refractivity contribution < 1.29 is 9.90 Å². The number of amides is 2. The lowest BCUT2D eigenvalue weighted by molar-refractivity contribution is 0.262. The molecular formula is C14H13ClN2O2. The maximum absolute atomic E-state index is 11.7. The summed E-state index contributed by atoms with van der Waals surface area (Å²) < 4.78 is 0. The number of nitrogens with one attached hydrogen (secondary N) is 2. The van der Waals surface area contributed by atoms with Crippen LogP contribution in [0.2, 0.25) is 5.02 Å². The highest BCUT2D eigenvalue weighted by Gasteiger charge is 2.03. The first-order chi connectivity index (χ1) is 9.17. The zero-order chi connectivity index (χ0) is 13.7. The van der Waals surface area contributed by atoms with Crippen molar-refractivity contribution in [2.24, 2.45) is 0 Å². The van der Waals surface area contributed by atoms with E-state index in [1.165, 1.54) is 0 Å². The molecule has 0 fully saturated rings. The summed E-state index contributed by atoms with van der Waals surface area (Å²) >= 11 is 5.83. The number of urea groups is 1. The molecule has 0 saturated heterocycles. The number of carbonyl (C=O) groups is 1. The van der Waals surface area contributed by atoms with Gasteiger partial charge in [0.15, 0.2) is 0 Å². The van der Waals surface area contributed by atoms with Crippen LogP contribution in [0.5, 0.6) is 0 Å². The summed E-state index contributed by atoms with van der Waals surface area (Å²) in [5.41, 5.74) is 2.06. The summed E-state index contributed by atoms with van der Waals surface area (Å²) in [5.74, 6) is 0. The van der Waals surface area contributed by atoms with E-state index in [0.717, 1.165) is 5.56 Å². The molecule has 0 aliphatic rings. The fourth-order valence-corrected chi connectivity index (χ4v) is 1.74. The molecule has 2 amide bonds. The van der Waals surface area contributed by atoms with Crippen LogP contribution in [0.1, 0.15) is 5.56 Å². The Morgan fingerprint density at radius 3 is 2.37 bits per heavy atom. The second-order valence-corrected chi connectivity index (χ2v) is 4.38. The van der Waals surface area contributed by atoms with Gasteiger partial charge in [-0.15, -0.1) is 0 Å². The molecule has 2 aromatic rings. The molecule has 98 valence electrons. The number of hydrogen-bond acceptors (Lipinski definition) is 2. The molecule has 19 heavy (non-hydrogen) atoms. The van der Waals surface area contributed by atoms with Gasteiger partial charge in [-0.2, -0.15) is 0 Å². The van der Waals surface area contributed by atoms with Crippen molar-refractivity contribution in [3.63, 3.8) is 0 Å². The Kier molecular flexibility index (Phi) is 4.39. The van der Waals surface area contributed by atoms with Gasteiger partial charge < -0.3 is 15.7 Å². The van der Waals surface area contributed by atoms with E-state index in [9.17, 15) is 4.79 Å². The average molecular weight is 277 g/mol. The molecule has 0 aromatic heterocycles. The van der Waals surface area contributed by atoms with Crippen LogP contribution in [0.25, 0.3) is 0 Å². The van der Waals surface area contributed by atoms with Crippen molar-refractivity contribution >= 4 is 29.0 Å². The monoisotopic (exact) mass is 276 g/mol. The van der Waals surface area contributed by atoms with E-state index < -0.39 is 0 Å². The van der Waals surface area contributed by atoms with E-state index >= 15 is 0 Å². The molecule has 0 aliphatic heterocycles. The maximum atomic E-state index is 11.7. The highest BCUT2D eigenvalue weighted by atomic mass is 35.5. The van der Waals surface area contributed by atoms with E-state index in [1.54, 1.807) is 48.5 Å². The number of aliphatic hydroxyl groups excluding tert-OH is 1. The lowest BCUT2D eigenvalue weighted by Crippen LogP contribution is -2.19. The largest absolute Gasteiger partial charge is 0.392 e. The van der Waals surface area contributed by atoms with E-state index in [4.69, 9.17) is 16.7 Å². The Hall–Kier alpha value is -2.04. The normalized spacial score (nSPS) is 10.0. The van der Waals surface area contributed by atoms with Crippen LogP contribution in [0.4, 0.5) is 16.2 Å². The lowest BCUT2D eigenvalue weighted by atomic mass is 10.2. The van der Waals surface area contributed by atoms with E-state index in [0.29, 0.717) is 16.4 Å². The van der Waals surface area contributed by atoms with Crippen LogP contribution in [0.3, 0.4) is 0 Å². The Morgan fingerprint density at radius 1 is 1.05 bits per heavy atom. The summed E-state index contributed by atoms with van der Waals surface area (Å²) in [6, 6.07) is 13.5. The second kappa shape index (κ2) is 6.22. The van der Waals surface area contributed by atoms with Gasteiger partial charge in [0.1, 0.15) is 0 Å². The SMILES string of the molecule is O=C(Nc1ccc(CO)cc1)Nc1cccc(Cl)c1. The fourth-order valence-electron chi connectivity index (χ4n) is 1.55. The highest BCUT2D eigenvalue weighted by molar-refractivity contribution is 6.30. The Bertz CT molecular complexity index is 570. The van der Waals surface area contributed by atoms with Crippen LogP contribution in [-0.4, -0.2) is 11.1 Å². The van der Waals surface area contributed by atoms with Gasteiger partial charge in [-0.3, -0.25) is 0 Å². The van der Waals surface area contributed by atoms with E-state index in [-0.39, 0.29) is 12.6 Å². The molecular weight excluding hydrogens is 264 g/mol. The van der Waals surface area contributed by atoms with Gasteiger partial charge in [0, 0.05) is 16.4 Å². The predicted octanol–water partition coefficient (Wildman–Crippen LogP) is 3.48. The zero-order valence-corrected chi connectivity index (χ0v) is 10.8. The molecule has 2 rings (SSSR count). The molecule has 2 aromatic carbocycles. The minimum absolute atomic E-state index is 0.0189. The third-order valence-electron chi connectivity index (χ3n) is 2.48. The number of aliphatic hydroxyl groups is 1. The highest BCUT2D eigenvalue weighted by Crippen LogP contribution is 2.15. The smallest absolute Gasteiger partial charge is 0.323 e. The van der Waals surface area contributed by atoms with Crippen molar-refractivity contribution in [3.8, 4) is 0 Å². The minimum atomic E-state index is -0.348. The minimum Gasteiger partial charge on any atom is -0.392 e. The Labute approximate surface area is 116 Å². The Balaban J connectivity index is 1.97. The van der Waals surface area contributed by atoms with Gasteiger partial charge in [0.2, 0.25) is 0 Å². The molecule has 0 radical (unpaired) electrons. The van der Waals surface area contributed by atoms with Crippen molar-refractivity contribution in [2.75, 3.05) is 10.6 Å². The second-order valence-electron chi connectivity index (χ2n) is 3.94. The maximum Gasteiger partial charge on any atom is 0.323 e. The van der Waals surface area contributed by atoms with Crippen LogP contribution in [-0.2, 0) is 6.61 Å². The van der Waals surface area contributed by atoms with Crippen molar-refractivity contribution in [2.45, 2.75) is 6.61 Å². The fraction of sp³-hybridized carbons (Fsp3) is 0.0714. The molecule has 0 saturated carbocycles. The molecule has 0 spiro atoms. The number of anilines is 2. The number of hydrogen-bond donors (Lipinski definition) is 3. The van der Waals surface area contributed by atoms with Crippen molar-refractivity contribution in [3.05, 3.63) is 59.1 Å². The molecule has 0 aliphatic carbocycles. The zero-order valence-electron chi connectivity index (χ0n) is 10.1. The van der Waals surface area contributed by atoms with E-state index in [2.05, 4.69) is 10.6 Å². The summed E-state index contributed by atoms with van der Waals surface area (Å²) in [4.78, 5) is 11.7. The van der Waals surface area contributed by atoms with Gasteiger partial charge in [-0.05, 0) is 35.9 Å². The Morgan fingerprint density at radius 2 is 1.74 bits per heavy atom. The van der Waals surface area contributed by atoms with E-state index in [1.807, 2.05) is 0 Å². The van der Waals surface area contributed by atoms with Crippen molar-refractivity contribution in [1.29, 1.82) is 0 Å². The molecule has 0 unspecified atom stereocenters. The molecule has 0 bridgehead atoms. The van der Waals surface area contributed by atoms with Gasteiger partial charge in [0.05, 0.1) is 6.61 Å². The third kappa shape index (κ3) is 3.98. The van der Waals surface area contributed by atoms with Crippen molar-refractivity contribution in [1.82, 2.24) is 0 Å². The molecule has 5 heteroatoms. The summed E-state index contributed by atoms with van der Waals surface area (Å²) in [5, 5.41) is 14.8. The van der Waals surface area contributed by atoms with Gasteiger partial charge in [0.25, 0.3) is 0 Å². The first-order valence-corrected chi connectivity index (χ1v) is 6.08. The number of carbonyl (C=O) groups excluding carboxylic acids is 1. The number of benzene rings is 2. The third-order valence-corrected chi connectivity index (χ3v) is 2.71. The molecule has 0 heterocycles. The molecule has 3 N–H and O–H groups in total. The number of rotatable bonds is 3. The first-order valence-electron chi connectivity index (χ1n) is 5.71. The van der Waals surface area contributed by atoms with Gasteiger partial charge in [-0.1, -0.05) is 29.8 Å². The molecule has 0 atom stereocenters. The predicted molar refractivity (Wildman–Crippen MR) is 76.5 cm³/mol. The van der Waals surface area contributed by atoms with Gasteiger partial charge >= 0.3 is 6.03 Å². The standard InChI is InChI=1S/C14H13ClN2O2/c15-11-2-1-3-13(8-11)17-14(19)16-12-6-4-10(9-18)5-7-12/h1-8,18H,9H2,(H2,16,17,19). The number of halogens is 1. The lowest BCUT2D eigenvalue weighted by Gasteiger charge is -2.08. The summed E-state index contributed by atoms with van der Waals surface area (Å²) in [6.07, 6.45) is 0. The molecule has 4 nitrogen and oxygen atoms in total. The van der Waals surface area contributed by atoms with Crippen LogP contribution in [0, 0.1) is 0 Å². The summed E-state index contributed by atoms with van der Waals surface area (Å²) in [6.45, 7) is -0.0189. The van der Waals surface area contributed by atoms with Crippen LogP contribution < -0.4 is 10.6 Å². The summed E-state index contributed by atoms with van der Waals surface area (Å²) in [7, 11) is 0. The topological polar surface area (TPSA) is 61.4 Å². The first kappa shape index (κ1) is 13.4. The quantitative estimate of drug-likeness (QED) is 0.804.